The number of methoxy groups -OCH3 is 1. The number of para-hydroxylation sites is 2. The van der Waals surface area contributed by atoms with E-state index >= 15 is 0 Å². The van der Waals surface area contributed by atoms with E-state index in [1.807, 2.05) is 32.9 Å². The lowest BCUT2D eigenvalue weighted by Gasteiger charge is -2.33. The zero-order valence-corrected chi connectivity index (χ0v) is 23.4. The molecular formula is C27H39N3O6S. The fourth-order valence-corrected chi connectivity index (χ4v) is 4.68. The van der Waals surface area contributed by atoms with Gasteiger partial charge < -0.3 is 19.7 Å². The molecule has 2 aromatic carbocycles. The Kier molecular flexibility index (Phi) is 11.2. The van der Waals surface area contributed by atoms with Crippen molar-refractivity contribution in [2.24, 2.45) is 0 Å². The van der Waals surface area contributed by atoms with E-state index in [0.29, 0.717) is 24.5 Å². The summed E-state index contributed by atoms with van der Waals surface area (Å²) in [6.07, 6.45) is 2.15. The first kappa shape index (κ1) is 30.0. The van der Waals surface area contributed by atoms with Crippen molar-refractivity contribution in [2.45, 2.75) is 59.2 Å². The van der Waals surface area contributed by atoms with Gasteiger partial charge in [0.2, 0.25) is 21.8 Å². The van der Waals surface area contributed by atoms with Gasteiger partial charge in [0.05, 0.1) is 25.7 Å². The number of nitrogens with one attached hydrogen (secondary N) is 1. The highest BCUT2D eigenvalue weighted by atomic mass is 32.2. The van der Waals surface area contributed by atoms with Crippen molar-refractivity contribution >= 4 is 27.5 Å². The predicted octanol–water partition coefficient (Wildman–Crippen LogP) is 3.58. The quantitative estimate of drug-likeness (QED) is 0.398. The summed E-state index contributed by atoms with van der Waals surface area (Å²) in [6.45, 7) is 7.47. The van der Waals surface area contributed by atoms with E-state index in [0.717, 1.165) is 22.5 Å². The summed E-state index contributed by atoms with van der Waals surface area (Å²) in [5.41, 5.74) is 1.05. The zero-order valence-electron chi connectivity index (χ0n) is 22.6. The van der Waals surface area contributed by atoms with E-state index in [2.05, 4.69) is 5.32 Å². The minimum Gasteiger partial charge on any atom is -0.497 e. The average Bonchev–Trinajstić information content (AvgIpc) is 2.87. The number of benzene rings is 2. The Labute approximate surface area is 220 Å². The van der Waals surface area contributed by atoms with Crippen LogP contribution in [-0.4, -0.2) is 63.7 Å². The molecule has 0 radical (unpaired) electrons. The van der Waals surface area contributed by atoms with Gasteiger partial charge in [-0.15, -0.1) is 0 Å². The Morgan fingerprint density at radius 3 is 2.19 bits per heavy atom. The number of carbonyl (C=O) groups excluding carboxylic acids is 2. The van der Waals surface area contributed by atoms with Gasteiger partial charge in [-0.2, -0.15) is 0 Å². The van der Waals surface area contributed by atoms with E-state index in [-0.39, 0.29) is 24.2 Å². The van der Waals surface area contributed by atoms with E-state index in [4.69, 9.17) is 9.47 Å². The molecule has 9 nitrogen and oxygen atoms in total. The number of nitrogens with zero attached hydrogens (tertiary/aromatic N) is 2. The summed E-state index contributed by atoms with van der Waals surface area (Å²) in [7, 11) is -2.29. The largest absolute Gasteiger partial charge is 0.497 e. The summed E-state index contributed by atoms with van der Waals surface area (Å²) < 4.78 is 37.6. The molecule has 0 unspecified atom stereocenters. The molecule has 0 fully saturated rings. The second kappa shape index (κ2) is 13.9. The van der Waals surface area contributed by atoms with Crippen molar-refractivity contribution in [3.05, 3.63) is 54.1 Å². The highest BCUT2D eigenvalue weighted by Gasteiger charge is 2.32. The number of hydrogen-bond acceptors (Lipinski definition) is 6. The van der Waals surface area contributed by atoms with Crippen molar-refractivity contribution in [1.29, 1.82) is 0 Å². The first-order valence-electron chi connectivity index (χ1n) is 12.5. The number of ether oxygens (including phenoxy) is 2. The molecule has 0 spiro atoms. The number of carbonyl (C=O) groups is 2. The van der Waals surface area contributed by atoms with Gasteiger partial charge in [0, 0.05) is 12.6 Å². The van der Waals surface area contributed by atoms with Crippen LogP contribution in [-0.2, 0) is 26.2 Å². The van der Waals surface area contributed by atoms with E-state index in [1.54, 1.807) is 50.4 Å². The van der Waals surface area contributed by atoms with Gasteiger partial charge in [-0.25, -0.2) is 8.42 Å². The molecule has 37 heavy (non-hydrogen) atoms. The van der Waals surface area contributed by atoms with Crippen LogP contribution in [0.25, 0.3) is 0 Å². The van der Waals surface area contributed by atoms with Gasteiger partial charge in [0.25, 0.3) is 0 Å². The minimum absolute atomic E-state index is 0.0647. The van der Waals surface area contributed by atoms with Crippen molar-refractivity contribution in [1.82, 2.24) is 10.2 Å². The van der Waals surface area contributed by atoms with Crippen molar-refractivity contribution < 1.29 is 27.5 Å². The average molecular weight is 534 g/mol. The first-order chi connectivity index (χ1) is 17.5. The summed E-state index contributed by atoms with van der Waals surface area (Å²) in [6, 6.07) is 13.0. The lowest BCUT2D eigenvalue weighted by Crippen LogP contribution is -2.53. The standard InChI is InChI=1S/C27H39N3O6S/c1-7-20(4)28-27(32)23(8-2)29(18-21-14-16-22(35-5)17-15-21)26(31)19-30(37(6,33)34)24-12-10-11-13-25(24)36-9-3/h10-17,20,23H,7-9,18-19H2,1-6H3,(H,28,32)/t20-,23+/m0/s1. The maximum atomic E-state index is 13.8. The van der Waals surface area contributed by atoms with Crippen LogP contribution in [0.4, 0.5) is 5.69 Å². The second-order valence-electron chi connectivity index (χ2n) is 8.78. The molecule has 0 saturated carbocycles. The molecule has 2 atom stereocenters. The summed E-state index contributed by atoms with van der Waals surface area (Å²) in [4.78, 5) is 28.4. The third-order valence-electron chi connectivity index (χ3n) is 6.01. The summed E-state index contributed by atoms with van der Waals surface area (Å²) in [5, 5.41) is 2.96. The van der Waals surface area contributed by atoms with Gasteiger partial charge in [0.1, 0.15) is 24.1 Å². The summed E-state index contributed by atoms with van der Waals surface area (Å²) >= 11 is 0. The number of anilines is 1. The van der Waals surface area contributed by atoms with Crippen LogP contribution in [0.3, 0.4) is 0 Å². The highest BCUT2D eigenvalue weighted by Crippen LogP contribution is 2.30. The molecule has 0 aliphatic heterocycles. The maximum absolute atomic E-state index is 13.8. The van der Waals surface area contributed by atoms with Gasteiger partial charge in [0.15, 0.2) is 0 Å². The SMILES string of the molecule is CCOc1ccccc1N(CC(=O)N(Cc1ccc(OC)cc1)[C@H](CC)C(=O)N[C@@H](C)CC)S(C)(=O)=O. The van der Waals surface area contributed by atoms with Crippen LogP contribution in [0.15, 0.2) is 48.5 Å². The van der Waals surface area contributed by atoms with Crippen LogP contribution in [0.1, 0.15) is 46.1 Å². The number of amides is 2. The van der Waals surface area contributed by atoms with Gasteiger partial charge >= 0.3 is 0 Å². The number of sulfonamides is 1. The van der Waals surface area contributed by atoms with Crippen molar-refractivity contribution in [3.63, 3.8) is 0 Å². The Morgan fingerprint density at radius 1 is 1.00 bits per heavy atom. The molecule has 2 aromatic rings. The van der Waals surface area contributed by atoms with E-state index < -0.39 is 28.5 Å². The lowest BCUT2D eigenvalue weighted by atomic mass is 10.1. The van der Waals surface area contributed by atoms with Gasteiger partial charge in [-0.05, 0) is 56.5 Å². The highest BCUT2D eigenvalue weighted by molar-refractivity contribution is 7.92. The molecule has 2 rings (SSSR count). The van der Waals surface area contributed by atoms with Crippen molar-refractivity contribution in [3.8, 4) is 11.5 Å². The Hall–Kier alpha value is -3.27. The van der Waals surface area contributed by atoms with Crippen LogP contribution < -0.4 is 19.1 Å². The Bertz CT molecular complexity index is 1140. The molecule has 0 bridgehead atoms. The fraction of sp³-hybridized carbons (Fsp3) is 0.481. The molecule has 0 aliphatic carbocycles. The topological polar surface area (TPSA) is 105 Å². The fourth-order valence-electron chi connectivity index (χ4n) is 3.82. The summed E-state index contributed by atoms with van der Waals surface area (Å²) in [5.74, 6) is 0.239. The molecule has 2 amide bonds. The number of hydrogen-bond donors (Lipinski definition) is 1. The third-order valence-corrected chi connectivity index (χ3v) is 7.14. The normalized spacial score (nSPS) is 12.8. The van der Waals surface area contributed by atoms with E-state index in [1.165, 1.54) is 4.90 Å². The smallest absolute Gasteiger partial charge is 0.244 e. The predicted molar refractivity (Wildman–Crippen MR) is 145 cm³/mol. The Morgan fingerprint density at radius 2 is 1.65 bits per heavy atom. The van der Waals surface area contributed by atoms with Crippen LogP contribution >= 0.6 is 0 Å². The zero-order chi connectivity index (χ0) is 27.6. The van der Waals surface area contributed by atoms with Crippen molar-refractivity contribution in [2.75, 3.05) is 30.8 Å². The third kappa shape index (κ3) is 8.38. The maximum Gasteiger partial charge on any atom is 0.244 e. The lowest BCUT2D eigenvalue weighted by molar-refractivity contribution is -0.140. The van der Waals surface area contributed by atoms with Crippen LogP contribution in [0.2, 0.25) is 0 Å². The van der Waals surface area contributed by atoms with Gasteiger partial charge in [-0.3, -0.25) is 13.9 Å². The van der Waals surface area contributed by atoms with Crippen LogP contribution in [0, 0.1) is 0 Å². The minimum atomic E-state index is -3.86. The molecule has 0 aromatic heterocycles. The van der Waals surface area contributed by atoms with E-state index in [9.17, 15) is 18.0 Å². The monoisotopic (exact) mass is 533 g/mol. The molecular weight excluding hydrogens is 494 g/mol. The first-order valence-corrected chi connectivity index (χ1v) is 14.3. The van der Waals surface area contributed by atoms with Crippen LogP contribution in [0.5, 0.6) is 11.5 Å². The molecule has 0 aliphatic rings. The van der Waals surface area contributed by atoms with Gasteiger partial charge in [-0.1, -0.05) is 38.1 Å². The molecule has 204 valence electrons. The second-order valence-corrected chi connectivity index (χ2v) is 10.7. The molecule has 0 heterocycles. The molecule has 0 saturated heterocycles. The number of rotatable bonds is 14. The molecule has 1 N–H and O–H groups in total. The molecule has 10 heteroatoms. The Balaban J connectivity index is 2.48.